The zero-order valence-corrected chi connectivity index (χ0v) is 21.0. The Bertz CT molecular complexity index is 1120. The van der Waals surface area contributed by atoms with Gasteiger partial charge in [0.05, 0.1) is 12.1 Å². The van der Waals surface area contributed by atoms with Crippen LogP contribution in [0.3, 0.4) is 0 Å². The first-order chi connectivity index (χ1) is 16.9. The molecule has 1 saturated heterocycles. The number of hydrogen-bond donors (Lipinski definition) is 2. The van der Waals surface area contributed by atoms with Crippen LogP contribution in [0.2, 0.25) is 5.02 Å². The summed E-state index contributed by atoms with van der Waals surface area (Å²) in [6, 6.07) is 12.5. The van der Waals surface area contributed by atoms with Crippen LogP contribution in [-0.2, 0) is 0 Å². The molecule has 35 heavy (non-hydrogen) atoms. The Kier molecular flexibility index (Phi) is 8.07. The van der Waals surface area contributed by atoms with E-state index in [0.29, 0.717) is 29.5 Å². The Balaban J connectivity index is 1.49. The van der Waals surface area contributed by atoms with Gasteiger partial charge in [-0.15, -0.1) is 0 Å². The number of aromatic nitrogens is 3. The molecule has 1 aromatic heterocycles. The van der Waals surface area contributed by atoms with E-state index < -0.39 is 5.82 Å². The van der Waals surface area contributed by atoms with Crippen LogP contribution in [0.5, 0.6) is 5.75 Å². The third-order valence-electron chi connectivity index (χ3n) is 5.80. The summed E-state index contributed by atoms with van der Waals surface area (Å²) in [6.07, 6.45) is 0.998. The van der Waals surface area contributed by atoms with Crippen LogP contribution >= 0.6 is 11.6 Å². The second-order valence-corrected chi connectivity index (χ2v) is 9.23. The number of nitrogens with zero attached hydrogens (tertiary/aromatic N) is 5. The molecule has 4 rings (SSSR count). The summed E-state index contributed by atoms with van der Waals surface area (Å²) in [6.45, 7) is 8.32. The summed E-state index contributed by atoms with van der Waals surface area (Å²) in [5.74, 6) is 2.41. The molecule has 2 aromatic carbocycles. The topological polar surface area (TPSA) is 78.4 Å². The molecule has 3 aromatic rings. The van der Waals surface area contributed by atoms with Crippen LogP contribution in [0.4, 0.5) is 33.6 Å². The van der Waals surface area contributed by atoms with Crippen molar-refractivity contribution in [3.8, 4) is 5.75 Å². The van der Waals surface area contributed by atoms with Crippen LogP contribution < -0.4 is 25.2 Å². The van der Waals surface area contributed by atoms with Crippen molar-refractivity contribution in [1.29, 1.82) is 0 Å². The molecule has 0 aliphatic carbocycles. The zero-order chi connectivity index (χ0) is 24.8. The minimum atomic E-state index is -0.473. The van der Waals surface area contributed by atoms with Crippen molar-refractivity contribution < 1.29 is 9.13 Å². The van der Waals surface area contributed by atoms with E-state index in [4.69, 9.17) is 16.3 Å². The number of halogens is 2. The number of piperazine rings is 1. The second-order valence-electron chi connectivity index (χ2n) is 8.82. The van der Waals surface area contributed by atoms with Gasteiger partial charge in [0.15, 0.2) is 0 Å². The molecular weight excluding hydrogens is 469 g/mol. The van der Waals surface area contributed by atoms with E-state index in [1.165, 1.54) is 12.1 Å². The maximum Gasteiger partial charge on any atom is 0.233 e. The second kappa shape index (κ2) is 11.4. The number of nitrogens with one attached hydrogen (secondary N) is 2. The average Bonchev–Trinajstić information content (AvgIpc) is 2.86. The molecular formula is C25H31ClFN7O. The smallest absolute Gasteiger partial charge is 0.233 e. The zero-order valence-electron chi connectivity index (χ0n) is 20.3. The van der Waals surface area contributed by atoms with Crippen molar-refractivity contribution >= 4 is 40.8 Å². The van der Waals surface area contributed by atoms with E-state index in [1.807, 2.05) is 12.1 Å². The van der Waals surface area contributed by atoms with Gasteiger partial charge in [0, 0.05) is 44.1 Å². The van der Waals surface area contributed by atoms with E-state index in [9.17, 15) is 4.39 Å². The fourth-order valence-corrected chi connectivity index (χ4v) is 3.95. The minimum absolute atomic E-state index is 0.0363. The largest absolute Gasteiger partial charge is 0.497 e. The van der Waals surface area contributed by atoms with Crippen molar-refractivity contribution in [2.45, 2.75) is 20.3 Å². The molecule has 0 unspecified atom stereocenters. The van der Waals surface area contributed by atoms with Gasteiger partial charge < -0.3 is 25.2 Å². The molecule has 1 aliphatic heterocycles. The lowest BCUT2D eigenvalue weighted by molar-refractivity contribution is 0.415. The van der Waals surface area contributed by atoms with Gasteiger partial charge in [-0.2, -0.15) is 15.0 Å². The number of ether oxygens (including phenoxy) is 1. The highest BCUT2D eigenvalue weighted by Crippen LogP contribution is 2.25. The lowest BCUT2D eigenvalue weighted by Gasteiger charge is -2.36. The van der Waals surface area contributed by atoms with E-state index >= 15 is 0 Å². The molecule has 2 N–H and O–H groups in total. The Morgan fingerprint density at radius 2 is 1.66 bits per heavy atom. The van der Waals surface area contributed by atoms with E-state index in [0.717, 1.165) is 50.6 Å². The molecule has 0 saturated carbocycles. The molecule has 0 radical (unpaired) electrons. The highest BCUT2D eigenvalue weighted by atomic mass is 35.5. The lowest BCUT2D eigenvalue weighted by Crippen LogP contribution is -2.47. The third kappa shape index (κ3) is 6.63. The SMILES string of the molecule is COc1ccc(N2CCN(c3nc(NCCC(C)C)nc(Nc4ccc(F)c(Cl)c4)n3)CC2)cc1. The number of methoxy groups -OCH3 is 1. The number of rotatable bonds is 9. The summed E-state index contributed by atoms with van der Waals surface area (Å²) < 4.78 is 18.8. The highest BCUT2D eigenvalue weighted by Gasteiger charge is 2.21. The first kappa shape index (κ1) is 24.8. The van der Waals surface area contributed by atoms with Gasteiger partial charge in [0.2, 0.25) is 17.8 Å². The highest BCUT2D eigenvalue weighted by molar-refractivity contribution is 6.31. The Hall–Kier alpha value is -3.33. The van der Waals surface area contributed by atoms with Crippen molar-refractivity contribution in [3.63, 3.8) is 0 Å². The molecule has 10 heteroatoms. The lowest BCUT2D eigenvalue weighted by atomic mass is 10.1. The summed E-state index contributed by atoms with van der Waals surface area (Å²) in [5.41, 5.74) is 1.76. The van der Waals surface area contributed by atoms with E-state index in [2.05, 4.69) is 61.4 Å². The van der Waals surface area contributed by atoms with Crippen LogP contribution in [0.1, 0.15) is 20.3 Å². The maximum atomic E-state index is 13.6. The van der Waals surface area contributed by atoms with Crippen LogP contribution in [0.15, 0.2) is 42.5 Å². The van der Waals surface area contributed by atoms with Crippen molar-refractivity contribution in [1.82, 2.24) is 15.0 Å². The quantitative estimate of drug-likeness (QED) is 0.416. The maximum absolute atomic E-state index is 13.6. The van der Waals surface area contributed by atoms with Crippen molar-refractivity contribution in [2.24, 2.45) is 5.92 Å². The summed E-state index contributed by atoms with van der Waals surface area (Å²) in [5, 5.41) is 6.48. The van der Waals surface area contributed by atoms with Crippen LogP contribution in [0.25, 0.3) is 0 Å². The third-order valence-corrected chi connectivity index (χ3v) is 6.09. The predicted octanol–water partition coefficient (Wildman–Crippen LogP) is 5.20. The van der Waals surface area contributed by atoms with Crippen LogP contribution in [-0.4, -0.2) is 54.8 Å². The number of benzene rings is 2. The fourth-order valence-electron chi connectivity index (χ4n) is 3.77. The summed E-state index contributed by atoms with van der Waals surface area (Å²) in [7, 11) is 1.67. The molecule has 0 atom stereocenters. The minimum Gasteiger partial charge on any atom is -0.497 e. The molecule has 0 bridgehead atoms. The predicted molar refractivity (Wildman–Crippen MR) is 140 cm³/mol. The fraction of sp³-hybridized carbons (Fsp3) is 0.400. The normalized spacial score (nSPS) is 13.8. The van der Waals surface area contributed by atoms with Crippen LogP contribution in [0, 0.1) is 11.7 Å². The molecule has 1 fully saturated rings. The Morgan fingerprint density at radius 1 is 0.971 bits per heavy atom. The molecule has 1 aliphatic rings. The van der Waals surface area contributed by atoms with Gasteiger partial charge in [0.1, 0.15) is 11.6 Å². The summed E-state index contributed by atoms with van der Waals surface area (Å²) >= 11 is 5.94. The van der Waals surface area contributed by atoms with Gasteiger partial charge in [0.25, 0.3) is 0 Å². The standard InChI is InChI=1S/C25H31ClFN7O/c1-17(2)10-11-28-23-30-24(29-18-4-9-22(27)21(26)16-18)32-25(31-23)34-14-12-33(13-15-34)19-5-7-20(35-3)8-6-19/h4-9,16-17H,10-15H2,1-3H3,(H2,28,29,30,31,32). The van der Waals surface area contributed by atoms with Crippen molar-refractivity contribution in [2.75, 3.05) is 60.3 Å². The molecule has 8 nitrogen and oxygen atoms in total. The van der Waals surface area contributed by atoms with Gasteiger partial charge in [-0.3, -0.25) is 0 Å². The Labute approximate surface area is 210 Å². The number of hydrogen-bond acceptors (Lipinski definition) is 8. The Morgan fingerprint density at radius 3 is 2.31 bits per heavy atom. The van der Waals surface area contributed by atoms with Gasteiger partial charge in [-0.25, -0.2) is 4.39 Å². The molecule has 0 spiro atoms. The summed E-state index contributed by atoms with van der Waals surface area (Å²) in [4.78, 5) is 18.3. The van der Waals surface area contributed by atoms with E-state index in [-0.39, 0.29) is 5.02 Å². The first-order valence-corrected chi connectivity index (χ1v) is 12.1. The average molecular weight is 500 g/mol. The molecule has 2 heterocycles. The molecule has 186 valence electrons. The van der Waals surface area contributed by atoms with Crippen molar-refractivity contribution in [3.05, 3.63) is 53.3 Å². The van der Waals surface area contributed by atoms with Gasteiger partial charge >= 0.3 is 0 Å². The van der Waals surface area contributed by atoms with Gasteiger partial charge in [-0.05, 0) is 54.8 Å². The van der Waals surface area contributed by atoms with Gasteiger partial charge in [-0.1, -0.05) is 25.4 Å². The van der Waals surface area contributed by atoms with E-state index in [1.54, 1.807) is 13.2 Å². The number of anilines is 5. The monoisotopic (exact) mass is 499 g/mol. The molecule has 0 amide bonds. The first-order valence-electron chi connectivity index (χ1n) is 11.8.